The van der Waals surface area contributed by atoms with Gasteiger partial charge < -0.3 is 9.67 Å². The summed E-state index contributed by atoms with van der Waals surface area (Å²) >= 11 is 1.31. The molecule has 1 saturated heterocycles. The summed E-state index contributed by atoms with van der Waals surface area (Å²) in [6.45, 7) is 4.11. The van der Waals surface area contributed by atoms with Crippen molar-refractivity contribution in [2.24, 2.45) is 4.99 Å². The highest BCUT2D eigenvalue weighted by Gasteiger charge is 2.30. The first-order valence-electron chi connectivity index (χ1n) is 11.8. The van der Waals surface area contributed by atoms with Crippen molar-refractivity contribution in [3.63, 3.8) is 0 Å². The minimum atomic E-state index is -0.989. The third kappa shape index (κ3) is 4.86. The summed E-state index contributed by atoms with van der Waals surface area (Å²) in [6.07, 6.45) is 1.91. The van der Waals surface area contributed by atoms with Crippen molar-refractivity contribution >= 4 is 40.6 Å². The summed E-state index contributed by atoms with van der Waals surface area (Å²) in [6, 6.07) is 27.1. The number of hydrogen-bond donors (Lipinski definition) is 1. The number of hydrogen-bond acceptors (Lipinski definition) is 4. The average molecular weight is 508 g/mol. The Morgan fingerprint density at radius 3 is 2.22 bits per heavy atom. The van der Waals surface area contributed by atoms with Gasteiger partial charge in [0, 0.05) is 24.1 Å². The van der Waals surface area contributed by atoms with Crippen molar-refractivity contribution in [2.75, 3.05) is 7.05 Å². The van der Waals surface area contributed by atoms with Crippen LogP contribution in [0.3, 0.4) is 0 Å². The van der Waals surface area contributed by atoms with Crippen LogP contribution in [0, 0.1) is 13.8 Å². The molecular weight excluding hydrogens is 482 g/mol. The van der Waals surface area contributed by atoms with Gasteiger partial charge >= 0.3 is 5.97 Å². The van der Waals surface area contributed by atoms with Gasteiger partial charge in [-0.15, -0.1) is 0 Å². The van der Waals surface area contributed by atoms with Gasteiger partial charge in [0.25, 0.3) is 5.91 Å². The molecule has 1 aliphatic heterocycles. The van der Waals surface area contributed by atoms with E-state index in [4.69, 9.17) is 5.11 Å². The maximum Gasteiger partial charge on any atom is 0.335 e. The van der Waals surface area contributed by atoms with Gasteiger partial charge in [0.15, 0.2) is 5.17 Å². The van der Waals surface area contributed by atoms with Crippen LogP contribution in [-0.4, -0.2) is 38.7 Å². The number of rotatable bonds is 5. The van der Waals surface area contributed by atoms with Crippen LogP contribution in [0.15, 0.2) is 94.8 Å². The van der Waals surface area contributed by atoms with Crippen molar-refractivity contribution in [3.05, 3.63) is 112 Å². The Kier molecular flexibility index (Phi) is 6.54. The monoisotopic (exact) mass is 507 g/mol. The molecule has 0 atom stereocenters. The predicted octanol–water partition coefficient (Wildman–Crippen LogP) is 6.69. The Balaban J connectivity index is 1.41. The van der Waals surface area contributed by atoms with Gasteiger partial charge in [0.2, 0.25) is 0 Å². The highest BCUT2D eigenvalue weighted by molar-refractivity contribution is 8.18. The normalized spacial score (nSPS) is 15.6. The number of aryl methyl sites for hydroxylation is 1. The first kappa shape index (κ1) is 24.3. The fourth-order valence-corrected chi connectivity index (χ4v) is 5.32. The van der Waals surface area contributed by atoms with E-state index < -0.39 is 5.97 Å². The minimum Gasteiger partial charge on any atom is -0.478 e. The Morgan fingerprint density at radius 2 is 1.57 bits per heavy atom. The number of amidine groups is 1. The fourth-order valence-electron chi connectivity index (χ4n) is 4.35. The van der Waals surface area contributed by atoms with Crippen LogP contribution in [0.2, 0.25) is 0 Å². The molecule has 2 heterocycles. The SMILES string of the molecule is Cc1cc(/C=C2\SC(=Nc3ccc(C(=O)O)cc3)N(C)C2=O)c(C)n1-c1ccc(-c2ccccc2)cc1. The fraction of sp³-hybridized carbons (Fsp3) is 0.100. The van der Waals surface area contributed by atoms with Crippen LogP contribution >= 0.6 is 11.8 Å². The van der Waals surface area contributed by atoms with Crippen LogP contribution in [0.4, 0.5) is 5.69 Å². The second-order valence-electron chi connectivity index (χ2n) is 8.80. The Bertz CT molecular complexity index is 1550. The number of carboxylic acid groups (broad SMARTS) is 1. The number of carbonyl (C=O) groups is 2. The van der Waals surface area contributed by atoms with Crippen molar-refractivity contribution in [1.82, 2.24) is 9.47 Å². The molecular formula is C30H25N3O3S. The molecule has 184 valence electrons. The zero-order chi connectivity index (χ0) is 26.1. The number of nitrogens with zero attached hydrogens (tertiary/aromatic N) is 3. The molecule has 6 nitrogen and oxygen atoms in total. The van der Waals surface area contributed by atoms with E-state index in [9.17, 15) is 9.59 Å². The third-order valence-corrected chi connectivity index (χ3v) is 7.39. The molecule has 4 aromatic rings. The van der Waals surface area contributed by atoms with Gasteiger partial charge in [0.1, 0.15) is 0 Å². The summed E-state index contributed by atoms with van der Waals surface area (Å²) in [5.41, 5.74) is 7.28. The first-order valence-corrected chi connectivity index (χ1v) is 12.6. The molecule has 3 aromatic carbocycles. The van der Waals surface area contributed by atoms with E-state index in [1.165, 1.54) is 34.4 Å². The number of benzene rings is 3. The zero-order valence-electron chi connectivity index (χ0n) is 20.7. The molecule has 1 aliphatic rings. The Morgan fingerprint density at radius 1 is 0.919 bits per heavy atom. The van der Waals surface area contributed by atoms with E-state index in [-0.39, 0.29) is 11.5 Å². The van der Waals surface area contributed by atoms with Gasteiger partial charge in [-0.3, -0.25) is 9.69 Å². The van der Waals surface area contributed by atoms with Crippen LogP contribution in [-0.2, 0) is 4.79 Å². The molecule has 0 bridgehead atoms. The van der Waals surface area contributed by atoms with Gasteiger partial charge in [-0.2, -0.15) is 0 Å². The maximum absolute atomic E-state index is 13.0. The lowest BCUT2D eigenvalue weighted by atomic mass is 10.1. The summed E-state index contributed by atoms with van der Waals surface area (Å²) in [4.78, 5) is 30.7. The lowest BCUT2D eigenvalue weighted by molar-refractivity contribution is -0.121. The molecule has 1 N–H and O–H groups in total. The minimum absolute atomic E-state index is 0.122. The van der Waals surface area contributed by atoms with Gasteiger partial charge in [-0.25, -0.2) is 9.79 Å². The largest absolute Gasteiger partial charge is 0.478 e. The molecule has 0 aliphatic carbocycles. The van der Waals surface area contributed by atoms with Gasteiger partial charge in [-0.05, 0) is 90.8 Å². The molecule has 0 radical (unpaired) electrons. The highest BCUT2D eigenvalue weighted by Crippen LogP contribution is 2.34. The topological polar surface area (TPSA) is 74.9 Å². The van der Waals surface area contributed by atoms with Gasteiger partial charge in [-0.1, -0.05) is 42.5 Å². The molecule has 7 heteroatoms. The van der Waals surface area contributed by atoms with Crippen molar-refractivity contribution < 1.29 is 14.7 Å². The van der Waals surface area contributed by atoms with Crippen LogP contribution < -0.4 is 0 Å². The second kappa shape index (κ2) is 9.95. The molecule has 0 saturated carbocycles. The van der Waals surface area contributed by atoms with E-state index in [0.717, 1.165) is 28.2 Å². The first-order chi connectivity index (χ1) is 17.8. The van der Waals surface area contributed by atoms with Crippen molar-refractivity contribution in [3.8, 4) is 16.8 Å². The van der Waals surface area contributed by atoms with Crippen LogP contribution in [0.25, 0.3) is 22.9 Å². The van der Waals surface area contributed by atoms with Crippen molar-refractivity contribution in [2.45, 2.75) is 13.8 Å². The second-order valence-corrected chi connectivity index (χ2v) is 9.81. The zero-order valence-corrected chi connectivity index (χ0v) is 21.5. The van der Waals surface area contributed by atoms with E-state index >= 15 is 0 Å². The van der Waals surface area contributed by atoms with Crippen LogP contribution in [0.1, 0.15) is 27.3 Å². The Hall–Kier alpha value is -4.36. The van der Waals surface area contributed by atoms with E-state index in [2.05, 4.69) is 65.9 Å². The van der Waals surface area contributed by atoms with Crippen LogP contribution in [0.5, 0.6) is 0 Å². The smallest absolute Gasteiger partial charge is 0.335 e. The molecule has 0 spiro atoms. The van der Waals surface area contributed by atoms with E-state index in [1.54, 1.807) is 19.2 Å². The van der Waals surface area contributed by atoms with E-state index in [0.29, 0.717) is 15.8 Å². The molecule has 1 fully saturated rings. The summed E-state index contributed by atoms with van der Waals surface area (Å²) in [7, 11) is 1.69. The summed E-state index contributed by atoms with van der Waals surface area (Å²) < 4.78 is 2.19. The third-order valence-electron chi connectivity index (χ3n) is 6.33. The Labute approximate surface area is 219 Å². The molecule has 37 heavy (non-hydrogen) atoms. The summed E-state index contributed by atoms with van der Waals surface area (Å²) in [5, 5.41) is 9.63. The lowest BCUT2D eigenvalue weighted by Gasteiger charge is -2.11. The standard InChI is InChI=1S/C30H25N3O3S/c1-19-17-24(20(2)33(19)26-15-11-22(12-16-26)21-7-5-4-6-8-21)18-27-28(34)32(3)30(37-27)31-25-13-9-23(10-14-25)29(35)36/h4-18H,1-3H3,(H,35,36)/b27-18-,31-30?. The number of thioether (sulfide) groups is 1. The highest BCUT2D eigenvalue weighted by atomic mass is 32.2. The average Bonchev–Trinajstić information content (AvgIpc) is 3.34. The molecule has 0 unspecified atom stereocenters. The number of aliphatic imine (C=N–C) groups is 1. The lowest BCUT2D eigenvalue weighted by Crippen LogP contribution is -2.23. The molecule has 1 amide bonds. The maximum atomic E-state index is 13.0. The molecule has 1 aromatic heterocycles. The number of carboxylic acids is 1. The number of amides is 1. The molecule has 5 rings (SSSR count). The number of aromatic nitrogens is 1. The number of carbonyl (C=O) groups excluding carboxylic acids is 1. The number of aromatic carboxylic acids is 1. The predicted molar refractivity (Wildman–Crippen MR) is 150 cm³/mol. The van der Waals surface area contributed by atoms with Gasteiger partial charge in [0.05, 0.1) is 16.2 Å². The van der Waals surface area contributed by atoms with E-state index in [1.807, 2.05) is 24.3 Å². The summed E-state index contributed by atoms with van der Waals surface area (Å²) in [5.74, 6) is -1.11. The quantitative estimate of drug-likeness (QED) is 0.305. The van der Waals surface area contributed by atoms with Crippen molar-refractivity contribution in [1.29, 1.82) is 0 Å². The number of likely N-dealkylation sites (N-methyl/N-ethyl adjacent to an activating group) is 1.